The van der Waals surface area contributed by atoms with E-state index in [-0.39, 0.29) is 0 Å². The zero-order chi connectivity index (χ0) is 10.4. The van der Waals surface area contributed by atoms with E-state index in [2.05, 4.69) is 11.8 Å². The second kappa shape index (κ2) is 6.44. The first-order chi connectivity index (χ1) is 6.86. The molecule has 1 saturated heterocycles. The third-order valence-corrected chi connectivity index (χ3v) is 3.53. The molecule has 0 N–H and O–H groups in total. The zero-order valence-corrected chi connectivity index (χ0v) is 10.3. The summed E-state index contributed by atoms with van der Waals surface area (Å²) in [5.41, 5.74) is 0. The summed E-state index contributed by atoms with van der Waals surface area (Å²) in [6.07, 6.45) is 8.82. The number of rotatable bonds is 1. The molecule has 1 heterocycles. The van der Waals surface area contributed by atoms with Crippen molar-refractivity contribution in [3.63, 3.8) is 0 Å². The van der Waals surface area contributed by atoms with Crippen molar-refractivity contribution in [1.29, 1.82) is 0 Å². The van der Waals surface area contributed by atoms with Gasteiger partial charge < -0.3 is 4.90 Å². The highest BCUT2D eigenvalue weighted by Crippen LogP contribution is 2.27. The maximum absolute atomic E-state index is 2.75. The number of hydrogen-bond acceptors (Lipinski definition) is 1. The predicted octanol–water partition coefficient (Wildman–Crippen LogP) is 3.69. The summed E-state index contributed by atoms with van der Waals surface area (Å²) in [7, 11) is 0. The van der Waals surface area contributed by atoms with Crippen molar-refractivity contribution < 1.29 is 0 Å². The Hall–Kier alpha value is -0.0400. The Balaban J connectivity index is 0.000000461. The molecular weight excluding hydrogens is 170 g/mol. The first kappa shape index (κ1) is 12.0. The lowest BCUT2D eigenvalue weighted by Gasteiger charge is -2.35. The standard InChI is InChI=1S/C11H21N.C2H6/c1-10-5-4-8-12(9-10)11-6-2-3-7-11;1-2/h10-11H,2-9H2,1H3;1-2H3. The van der Waals surface area contributed by atoms with Crippen LogP contribution in [0, 0.1) is 5.92 Å². The Morgan fingerprint density at radius 3 is 2.14 bits per heavy atom. The van der Waals surface area contributed by atoms with Crippen LogP contribution in [0.4, 0.5) is 0 Å². The molecule has 0 amide bonds. The van der Waals surface area contributed by atoms with E-state index >= 15 is 0 Å². The summed E-state index contributed by atoms with van der Waals surface area (Å²) in [5, 5.41) is 0. The molecule has 1 aliphatic heterocycles. The average Bonchev–Trinajstić information content (AvgIpc) is 2.74. The van der Waals surface area contributed by atoms with Crippen LogP contribution < -0.4 is 0 Å². The van der Waals surface area contributed by atoms with Crippen molar-refractivity contribution in [1.82, 2.24) is 4.90 Å². The number of hydrogen-bond donors (Lipinski definition) is 0. The minimum Gasteiger partial charge on any atom is -0.300 e. The van der Waals surface area contributed by atoms with E-state index < -0.39 is 0 Å². The molecule has 14 heavy (non-hydrogen) atoms. The summed E-state index contributed by atoms with van der Waals surface area (Å²) in [5.74, 6) is 0.958. The van der Waals surface area contributed by atoms with Gasteiger partial charge in [0.1, 0.15) is 0 Å². The monoisotopic (exact) mass is 197 g/mol. The number of nitrogens with zero attached hydrogens (tertiary/aromatic N) is 1. The first-order valence-corrected chi connectivity index (χ1v) is 6.60. The van der Waals surface area contributed by atoms with Gasteiger partial charge in [0.15, 0.2) is 0 Å². The van der Waals surface area contributed by atoms with E-state index in [4.69, 9.17) is 0 Å². The SMILES string of the molecule is CC.CC1CCCN(C2CCCC2)C1. The summed E-state index contributed by atoms with van der Waals surface area (Å²) >= 11 is 0. The van der Waals surface area contributed by atoms with Gasteiger partial charge in [0, 0.05) is 12.6 Å². The largest absolute Gasteiger partial charge is 0.300 e. The van der Waals surface area contributed by atoms with Crippen LogP contribution in [0.2, 0.25) is 0 Å². The molecule has 1 aliphatic carbocycles. The molecule has 1 heteroatoms. The van der Waals surface area contributed by atoms with Crippen LogP contribution in [0.1, 0.15) is 59.3 Å². The molecule has 0 aromatic heterocycles. The molecule has 0 radical (unpaired) electrons. The molecule has 1 nitrogen and oxygen atoms in total. The van der Waals surface area contributed by atoms with E-state index in [9.17, 15) is 0 Å². The molecule has 2 rings (SSSR count). The van der Waals surface area contributed by atoms with Crippen molar-refractivity contribution in [2.24, 2.45) is 5.92 Å². The van der Waals surface area contributed by atoms with E-state index in [1.807, 2.05) is 13.8 Å². The lowest BCUT2D eigenvalue weighted by atomic mass is 9.98. The van der Waals surface area contributed by atoms with Crippen molar-refractivity contribution in [3.8, 4) is 0 Å². The van der Waals surface area contributed by atoms with Crippen molar-refractivity contribution in [3.05, 3.63) is 0 Å². The summed E-state index contributed by atoms with van der Waals surface area (Å²) < 4.78 is 0. The Morgan fingerprint density at radius 1 is 0.929 bits per heavy atom. The van der Waals surface area contributed by atoms with Crippen LogP contribution >= 0.6 is 0 Å². The van der Waals surface area contributed by atoms with Crippen LogP contribution in [0.5, 0.6) is 0 Å². The van der Waals surface area contributed by atoms with Crippen molar-refractivity contribution in [2.75, 3.05) is 13.1 Å². The molecule has 0 bridgehead atoms. The highest BCUT2D eigenvalue weighted by Gasteiger charge is 2.25. The summed E-state index contributed by atoms with van der Waals surface area (Å²) in [6.45, 7) is 9.17. The highest BCUT2D eigenvalue weighted by molar-refractivity contribution is 4.81. The van der Waals surface area contributed by atoms with Crippen LogP contribution in [0.3, 0.4) is 0 Å². The van der Waals surface area contributed by atoms with Crippen LogP contribution in [0.25, 0.3) is 0 Å². The minimum atomic E-state index is 0.958. The van der Waals surface area contributed by atoms with E-state index in [1.165, 1.54) is 51.6 Å². The van der Waals surface area contributed by atoms with E-state index in [0.717, 1.165) is 12.0 Å². The fraction of sp³-hybridized carbons (Fsp3) is 1.00. The maximum Gasteiger partial charge on any atom is 0.00953 e. The number of likely N-dealkylation sites (tertiary alicyclic amines) is 1. The molecule has 1 atom stereocenters. The van der Waals surface area contributed by atoms with Crippen LogP contribution in [-0.4, -0.2) is 24.0 Å². The molecule has 84 valence electrons. The summed E-state index contributed by atoms with van der Waals surface area (Å²) in [4.78, 5) is 2.75. The Bertz CT molecular complexity index is 138. The second-order valence-corrected chi connectivity index (χ2v) is 4.68. The Kier molecular flexibility index (Phi) is 5.54. The van der Waals surface area contributed by atoms with Gasteiger partial charge in [0.05, 0.1) is 0 Å². The van der Waals surface area contributed by atoms with Gasteiger partial charge in [-0.25, -0.2) is 0 Å². The average molecular weight is 197 g/mol. The van der Waals surface area contributed by atoms with Crippen LogP contribution in [0.15, 0.2) is 0 Å². The lowest BCUT2D eigenvalue weighted by molar-refractivity contribution is 0.132. The van der Waals surface area contributed by atoms with Gasteiger partial charge in [-0.15, -0.1) is 0 Å². The van der Waals surface area contributed by atoms with Gasteiger partial charge in [-0.1, -0.05) is 33.6 Å². The normalized spacial score (nSPS) is 29.8. The fourth-order valence-electron chi connectivity index (χ4n) is 2.83. The summed E-state index contributed by atoms with van der Waals surface area (Å²) in [6, 6.07) is 0.966. The Labute approximate surface area is 89.9 Å². The maximum atomic E-state index is 2.75. The zero-order valence-electron chi connectivity index (χ0n) is 10.3. The van der Waals surface area contributed by atoms with Gasteiger partial charge in [0.25, 0.3) is 0 Å². The van der Waals surface area contributed by atoms with Crippen LogP contribution in [-0.2, 0) is 0 Å². The Morgan fingerprint density at radius 2 is 1.57 bits per heavy atom. The molecule has 0 aromatic rings. The minimum absolute atomic E-state index is 0.958. The molecular formula is C13H27N. The van der Waals surface area contributed by atoms with Gasteiger partial charge >= 0.3 is 0 Å². The lowest BCUT2D eigenvalue weighted by Crippen LogP contribution is -2.40. The number of piperidine rings is 1. The molecule has 1 unspecified atom stereocenters. The quantitative estimate of drug-likeness (QED) is 0.620. The molecule has 0 aromatic carbocycles. The highest BCUT2D eigenvalue weighted by atomic mass is 15.2. The van der Waals surface area contributed by atoms with Crippen molar-refractivity contribution >= 4 is 0 Å². The van der Waals surface area contributed by atoms with E-state index in [0.29, 0.717) is 0 Å². The van der Waals surface area contributed by atoms with Gasteiger partial charge in [-0.3, -0.25) is 0 Å². The molecule has 2 fully saturated rings. The third-order valence-electron chi connectivity index (χ3n) is 3.53. The van der Waals surface area contributed by atoms with Gasteiger partial charge in [-0.05, 0) is 38.1 Å². The molecule has 1 saturated carbocycles. The smallest absolute Gasteiger partial charge is 0.00953 e. The predicted molar refractivity (Wildman–Crippen MR) is 63.6 cm³/mol. The first-order valence-electron chi connectivity index (χ1n) is 6.60. The van der Waals surface area contributed by atoms with Gasteiger partial charge in [0.2, 0.25) is 0 Å². The fourth-order valence-corrected chi connectivity index (χ4v) is 2.83. The molecule has 2 aliphatic rings. The second-order valence-electron chi connectivity index (χ2n) is 4.68. The molecule has 0 spiro atoms. The topological polar surface area (TPSA) is 3.24 Å². The van der Waals surface area contributed by atoms with Gasteiger partial charge in [-0.2, -0.15) is 0 Å². The van der Waals surface area contributed by atoms with E-state index in [1.54, 1.807) is 0 Å². The third kappa shape index (κ3) is 3.27. The van der Waals surface area contributed by atoms with Crippen molar-refractivity contribution in [2.45, 2.75) is 65.3 Å².